The number of carbonyl (C=O) groups is 2. The molecule has 1 fully saturated rings. The Kier molecular flexibility index (Phi) is 7.06. The lowest BCUT2D eigenvalue weighted by molar-refractivity contribution is -0.155. The number of halogens is 1. The third-order valence-corrected chi connectivity index (χ3v) is 4.67. The van der Waals surface area contributed by atoms with Gasteiger partial charge in [-0.2, -0.15) is 0 Å². The minimum atomic E-state index is -0.698. The number of rotatable bonds is 7. The molecule has 1 N–H and O–H groups in total. The van der Waals surface area contributed by atoms with Gasteiger partial charge >= 0.3 is 5.97 Å². The van der Waals surface area contributed by atoms with Gasteiger partial charge in [0.2, 0.25) is 0 Å². The van der Waals surface area contributed by atoms with Gasteiger partial charge in [0.1, 0.15) is 0 Å². The molecular formula is C18H24ClNO4. The summed E-state index contributed by atoms with van der Waals surface area (Å²) in [6, 6.07) is 7.37. The number of hydrogen-bond donors (Lipinski definition) is 1. The normalized spacial score (nSPS) is 16.4. The first-order valence-corrected chi connectivity index (χ1v) is 8.65. The molecule has 6 heteroatoms. The van der Waals surface area contributed by atoms with Gasteiger partial charge in [0, 0.05) is 18.7 Å². The zero-order chi connectivity index (χ0) is 17.4. The predicted molar refractivity (Wildman–Crippen MR) is 92.1 cm³/mol. The third-order valence-electron chi connectivity index (χ3n) is 4.44. The van der Waals surface area contributed by atoms with Gasteiger partial charge in [-0.05, 0) is 30.5 Å². The number of amides is 1. The predicted octanol–water partition coefficient (Wildman–Crippen LogP) is 2.85. The molecule has 1 aromatic carbocycles. The number of methoxy groups -OCH3 is 1. The Bertz CT molecular complexity index is 570. The van der Waals surface area contributed by atoms with Crippen LogP contribution in [0.15, 0.2) is 24.3 Å². The first-order valence-electron chi connectivity index (χ1n) is 8.27. The average Bonchev–Trinajstić information content (AvgIpc) is 2.60. The van der Waals surface area contributed by atoms with E-state index < -0.39 is 5.41 Å². The molecule has 0 bridgehead atoms. The summed E-state index contributed by atoms with van der Waals surface area (Å²) in [6.45, 7) is 0.545. The first kappa shape index (κ1) is 18.7. The summed E-state index contributed by atoms with van der Waals surface area (Å²) in [7, 11) is 1.56. The molecule has 0 unspecified atom stereocenters. The highest BCUT2D eigenvalue weighted by Gasteiger charge is 2.42. The molecule has 0 aliphatic heterocycles. The Hall–Kier alpha value is -1.59. The number of nitrogens with one attached hydrogen (secondary N) is 1. The quantitative estimate of drug-likeness (QED) is 0.604. The van der Waals surface area contributed by atoms with E-state index in [-0.39, 0.29) is 18.5 Å². The first-order chi connectivity index (χ1) is 11.6. The number of benzene rings is 1. The standard InChI is InChI=1S/C18H24ClNO4/c1-23-11-10-20-16(21)13-24-17(22)18(8-3-2-4-9-18)14-6-5-7-15(19)12-14/h5-7,12H,2-4,8-11,13H2,1H3,(H,20,21). The minimum absolute atomic E-state index is 0.273. The van der Waals surface area contributed by atoms with Gasteiger partial charge in [0.25, 0.3) is 5.91 Å². The van der Waals surface area contributed by atoms with Crippen molar-refractivity contribution >= 4 is 23.5 Å². The Labute approximate surface area is 147 Å². The van der Waals surface area contributed by atoms with E-state index in [1.54, 1.807) is 13.2 Å². The van der Waals surface area contributed by atoms with Gasteiger partial charge < -0.3 is 14.8 Å². The monoisotopic (exact) mass is 353 g/mol. The van der Waals surface area contributed by atoms with Gasteiger partial charge in [0.15, 0.2) is 6.61 Å². The van der Waals surface area contributed by atoms with Crippen molar-refractivity contribution in [2.45, 2.75) is 37.5 Å². The molecular weight excluding hydrogens is 330 g/mol. The maximum Gasteiger partial charge on any atom is 0.317 e. The fraction of sp³-hybridized carbons (Fsp3) is 0.556. The van der Waals surface area contributed by atoms with Crippen LogP contribution < -0.4 is 5.32 Å². The SMILES string of the molecule is COCCNC(=O)COC(=O)C1(c2cccc(Cl)c2)CCCCC1. The highest BCUT2D eigenvalue weighted by molar-refractivity contribution is 6.30. The molecule has 1 aliphatic carbocycles. The fourth-order valence-corrected chi connectivity index (χ4v) is 3.36. The van der Waals surface area contributed by atoms with E-state index in [2.05, 4.69) is 5.32 Å². The van der Waals surface area contributed by atoms with Crippen LogP contribution in [0.1, 0.15) is 37.7 Å². The molecule has 0 saturated heterocycles. The molecule has 0 atom stereocenters. The molecule has 132 valence electrons. The number of ether oxygens (including phenoxy) is 2. The van der Waals surface area contributed by atoms with Crippen molar-refractivity contribution in [3.05, 3.63) is 34.9 Å². The number of hydrogen-bond acceptors (Lipinski definition) is 4. The van der Waals surface area contributed by atoms with Crippen molar-refractivity contribution in [1.29, 1.82) is 0 Å². The molecule has 0 aromatic heterocycles. The van der Waals surface area contributed by atoms with E-state index in [0.717, 1.165) is 37.7 Å². The van der Waals surface area contributed by atoms with Gasteiger partial charge in [-0.25, -0.2) is 0 Å². The molecule has 0 radical (unpaired) electrons. The topological polar surface area (TPSA) is 64.6 Å². The third kappa shape index (κ3) is 4.71. The van der Waals surface area contributed by atoms with Crippen LogP contribution in [0.3, 0.4) is 0 Å². The van der Waals surface area contributed by atoms with E-state index in [1.807, 2.05) is 18.2 Å². The van der Waals surface area contributed by atoms with Gasteiger partial charge in [-0.3, -0.25) is 9.59 Å². The average molecular weight is 354 g/mol. The van der Waals surface area contributed by atoms with Gasteiger partial charge in [-0.15, -0.1) is 0 Å². The summed E-state index contributed by atoms with van der Waals surface area (Å²) in [5.74, 6) is -0.663. The molecule has 0 spiro atoms. The number of carbonyl (C=O) groups excluding carboxylic acids is 2. The Balaban J connectivity index is 2.05. The van der Waals surface area contributed by atoms with E-state index in [4.69, 9.17) is 21.1 Å². The summed E-state index contributed by atoms with van der Waals surface area (Å²) >= 11 is 6.10. The van der Waals surface area contributed by atoms with Crippen molar-refractivity contribution in [2.75, 3.05) is 26.9 Å². The van der Waals surface area contributed by atoms with Crippen molar-refractivity contribution in [1.82, 2.24) is 5.32 Å². The summed E-state index contributed by atoms with van der Waals surface area (Å²) in [5.41, 5.74) is 0.176. The molecule has 5 nitrogen and oxygen atoms in total. The largest absolute Gasteiger partial charge is 0.455 e. The molecule has 24 heavy (non-hydrogen) atoms. The van der Waals surface area contributed by atoms with Crippen LogP contribution in [-0.2, 0) is 24.5 Å². The molecule has 1 amide bonds. The van der Waals surface area contributed by atoms with Crippen LogP contribution >= 0.6 is 11.6 Å². The van der Waals surface area contributed by atoms with E-state index in [9.17, 15) is 9.59 Å². The summed E-state index contributed by atoms with van der Waals surface area (Å²) in [5, 5.41) is 3.24. The fourth-order valence-electron chi connectivity index (χ4n) is 3.16. The van der Waals surface area contributed by atoms with Crippen molar-refractivity contribution in [3.8, 4) is 0 Å². The zero-order valence-electron chi connectivity index (χ0n) is 14.0. The maximum atomic E-state index is 12.8. The smallest absolute Gasteiger partial charge is 0.317 e. The van der Waals surface area contributed by atoms with Crippen LogP contribution in [0, 0.1) is 0 Å². The molecule has 1 saturated carbocycles. The number of esters is 1. The van der Waals surface area contributed by atoms with Crippen molar-refractivity contribution in [3.63, 3.8) is 0 Å². The van der Waals surface area contributed by atoms with E-state index in [1.165, 1.54) is 0 Å². The molecule has 1 aromatic rings. The second-order valence-corrected chi connectivity index (χ2v) is 6.51. The Morgan fingerprint density at radius 3 is 2.67 bits per heavy atom. The summed E-state index contributed by atoms with van der Waals surface area (Å²) in [4.78, 5) is 24.5. The second kappa shape index (κ2) is 9.04. The van der Waals surface area contributed by atoms with Crippen LogP contribution in [0.5, 0.6) is 0 Å². The molecule has 2 rings (SSSR count). The molecule has 1 aliphatic rings. The Morgan fingerprint density at radius 1 is 1.25 bits per heavy atom. The van der Waals surface area contributed by atoms with Crippen LogP contribution in [-0.4, -0.2) is 38.7 Å². The van der Waals surface area contributed by atoms with Crippen molar-refractivity contribution in [2.24, 2.45) is 0 Å². The van der Waals surface area contributed by atoms with Crippen LogP contribution in [0.4, 0.5) is 0 Å². The van der Waals surface area contributed by atoms with Crippen LogP contribution in [0.25, 0.3) is 0 Å². The maximum absolute atomic E-state index is 12.8. The summed E-state index contributed by atoms with van der Waals surface area (Å²) < 4.78 is 10.2. The van der Waals surface area contributed by atoms with Gasteiger partial charge in [-0.1, -0.05) is 43.0 Å². The lowest BCUT2D eigenvalue weighted by Crippen LogP contribution is -2.41. The highest BCUT2D eigenvalue weighted by Crippen LogP contribution is 2.41. The van der Waals surface area contributed by atoms with Gasteiger partial charge in [0.05, 0.1) is 12.0 Å². The van der Waals surface area contributed by atoms with Crippen LogP contribution in [0.2, 0.25) is 5.02 Å². The second-order valence-electron chi connectivity index (χ2n) is 6.07. The molecule has 0 heterocycles. The van der Waals surface area contributed by atoms with Crippen molar-refractivity contribution < 1.29 is 19.1 Å². The zero-order valence-corrected chi connectivity index (χ0v) is 14.7. The lowest BCUT2D eigenvalue weighted by atomic mass is 9.69. The minimum Gasteiger partial charge on any atom is -0.455 e. The lowest BCUT2D eigenvalue weighted by Gasteiger charge is -2.35. The van der Waals surface area contributed by atoms with E-state index >= 15 is 0 Å². The Morgan fingerprint density at radius 2 is 2.00 bits per heavy atom. The van der Waals surface area contributed by atoms with E-state index in [0.29, 0.717) is 18.2 Å². The summed E-state index contributed by atoms with van der Waals surface area (Å²) in [6.07, 6.45) is 4.46. The highest BCUT2D eigenvalue weighted by atomic mass is 35.5.